The molecule has 0 aliphatic heterocycles. The third kappa shape index (κ3) is 5.16. The molecule has 7 nitrogen and oxygen atoms in total. The second-order valence-electron chi connectivity index (χ2n) is 6.37. The molecule has 0 spiro atoms. The number of hydrogen-bond donors (Lipinski definition) is 2. The molecule has 0 aromatic heterocycles. The van der Waals surface area contributed by atoms with Gasteiger partial charge in [0.25, 0.3) is 15.9 Å². The molecule has 3 aromatic carbocycles. The molecule has 3 aromatic rings. The van der Waals surface area contributed by atoms with Crippen molar-refractivity contribution in [1.82, 2.24) is 0 Å². The van der Waals surface area contributed by atoms with Crippen molar-refractivity contribution in [3.8, 4) is 11.8 Å². The molecule has 0 aliphatic carbocycles. The van der Waals surface area contributed by atoms with Crippen LogP contribution in [-0.2, 0) is 10.0 Å². The Labute approximate surface area is 175 Å². The molecule has 0 saturated heterocycles. The van der Waals surface area contributed by atoms with Crippen molar-refractivity contribution in [3.63, 3.8) is 0 Å². The molecular formula is C22H19N3O4S. The predicted molar refractivity (Wildman–Crippen MR) is 114 cm³/mol. The smallest absolute Gasteiger partial charge is 0.261 e. The number of carbonyl (C=O) groups is 1. The van der Waals surface area contributed by atoms with Gasteiger partial charge in [0, 0.05) is 17.3 Å². The number of hydrogen-bond acceptors (Lipinski definition) is 5. The van der Waals surface area contributed by atoms with Crippen LogP contribution >= 0.6 is 0 Å². The molecule has 0 aliphatic rings. The number of rotatable bonds is 7. The Hall–Kier alpha value is -3.83. The number of carbonyl (C=O) groups excluding carboxylic acids is 1. The SMILES string of the molecule is Cc1ccccc1NS(=O)(=O)c1ccc(C(=O)Nc2cccc(OCC#N)c2)cc1. The van der Waals surface area contributed by atoms with E-state index in [-0.39, 0.29) is 11.5 Å². The minimum Gasteiger partial charge on any atom is -0.479 e. The normalized spacial score (nSPS) is 10.7. The second-order valence-corrected chi connectivity index (χ2v) is 8.06. The molecule has 0 bridgehead atoms. The van der Waals surface area contributed by atoms with Gasteiger partial charge in [0.15, 0.2) is 6.61 Å². The molecule has 0 atom stereocenters. The van der Waals surface area contributed by atoms with E-state index in [4.69, 9.17) is 10.00 Å². The maximum absolute atomic E-state index is 12.6. The summed E-state index contributed by atoms with van der Waals surface area (Å²) in [5.41, 5.74) is 2.09. The summed E-state index contributed by atoms with van der Waals surface area (Å²) in [5.74, 6) is 0.0568. The molecule has 0 unspecified atom stereocenters. The Morgan fingerprint density at radius 2 is 1.77 bits per heavy atom. The summed E-state index contributed by atoms with van der Waals surface area (Å²) in [4.78, 5) is 12.5. The van der Waals surface area contributed by atoms with E-state index in [0.717, 1.165) is 5.56 Å². The van der Waals surface area contributed by atoms with Crippen molar-refractivity contribution in [2.24, 2.45) is 0 Å². The molecular weight excluding hydrogens is 402 g/mol. The van der Waals surface area contributed by atoms with Gasteiger partial charge in [-0.05, 0) is 55.0 Å². The highest BCUT2D eigenvalue weighted by atomic mass is 32.2. The molecule has 0 saturated carbocycles. The average molecular weight is 421 g/mol. The minimum atomic E-state index is -3.78. The third-order valence-electron chi connectivity index (χ3n) is 4.21. The van der Waals surface area contributed by atoms with E-state index in [1.165, 1.54) is 24.3 Å². The molecule has 0 fully saturated rings. The van der Waals surface area contributed by atoms with Crippen LogP contribution in [0.2, 0.25) is 0 Å². The number of para-hydroxylation sites is 1. The summed E-state index contributed by atoms with van der Waals surface area (Å²) in [6, 6.07) is 21.2. The molecule has 152 valence electrons. The van der Waals surface area contributed by atoms with E-state index in [1.807, 2.05) is 25.1 Å². The molecule has 0 radical (unpaired) electrons. The highest BCUT2D eigenvalue weighted by molar-refractivity contribution is 7.92. The number of benzene rings is 3. The average Bonchev–Trinajstić information content (AvgIpc) is 2.74. The van der Waals surface area contributed by atoms with E-state index in [2.05, 4.69) is 10.0 Å². The van der Waals surface area contributed by atoms with Gasteiger partial charge in [0.05, 0.1) is 10.6 Å². The van der Waals surface area contributed by atoms with Gasteiger partial charge in [0.1, 0.15) is 11.8 Å². The summed E-state index contributed by atoms with van der Waals surface area (Å²) in [6.45, 7) is 1.72. The largest absolute Gasteiger partial charge is 0.479 e. The molecule has 8 heteroatoms. The number of aryl methyl sites for hydroxylation is 1. The van der Waals surface area contributed by atoms with Crippen molar-refractivity contribution in [2.75, 3.05) is 16.6 Å². The maximum Gasteiger partial charge on any atom is 0.261 e. The molecule has 30 heavy (non-hydrogen) atoms. The molecule has 1 amide bonds. The van der Waals surface area contributed by atoms with Gasteiger partial charge < -0.3 is 10.1 Å². The summed E-state index contributed by atoms with van der Waals surface area (Å²) < 4.78 is 33.0. The zero-order chi connectivity index (χ0) is 21.6. The first-order valence-corrected chi connectivity index (χ1v) is 10.5. The van der Waals surface area contributed by atoms with Gasteiger partial charge in [-0.15, -0.1) is 0 Å². The Kier molecular flexibility index (Phi) is 6.35. The van der Waals surface area contributed by atoms with E-state index >= 15 is 0 Å². The molecule has 0 heterocycles. The Morgan fingerprint density at radius 3 is 2.47 bits per heavy atom. The van der Waals surface area contributed by atoms with Crippen LogP contribution in [0.3, 0.4) is 0 Å². The number of nitrogens with zero attached hydrogens (tertiary/aromatic N) is 1. The topological polar surface area (TPSA) is 108 Å². The zero-order valence-electron chi connectivity index (χ0n) is 16.1. The number of sulfonamides is 1. The number of ether oxygens (including phenoxy) is 1. The standard InChI is InChI=1S/C22H19N3O4S/c1-16-5-2-3-8-21(16)25-30(27,28)20-11-9-17(10-12-20)22(26)24-18-6-4-7-19(15-18)29-14-13-23/h2-12,15,25H,14H2,1H3,(H,24,26). The number of nitrogens with one attached hydrogen (secondary N) is 2. The predicted octanol–water partition coefficient (Wildman–Crippen LogP) is 3.95. The van der Waals surface area contributed by atoms with Crippen molar-refractivity contribution in [1.29, 1.82) is 5.26 Å². The summed E-state index contributed by atoms with van der Waals surface area (Å²) in [5, 5.41) is 11.3. The Bertz CT molecular complexity index is 1200. The molecule has 2 N–H and O–H groups in total. The second kappa shape index (κ2) is 9.11. The third-order valence-corrected chi connectivity index (χ3v) is 5.59. The van der Waals surface area contributed by atoms with Gasteiger partial charge in [-0.1, -0.05) is 24.3 Å². The highest BCUT2D eigenvalue weighted by Crippen LogP contribution is 2.21. The fourth-order valence-electron chi connectivity index (χ4n) is 2.66. The summed E-state index contributed by atoms with van der Waals surface area (Å²) in [7, 11) is -3.78. The van der Waals surface area contributed by atoms with Crippen molar-refractivity contribution < 1.29 is 17.9 Å². The number of anilines is 2. The van der Waals surface area contributed by atoms with Crippen molar-refractivity contribution in [3.05, 3.63) is 83.9 Å². The fourth-order valence-corrected chi connectivity index (χ4v) is 3.79. The van der Waals surface area contributed by atoms with Crippen LogP contribution in [0.15, 0.2) is 77.7 Å². The van der Waals surface area contributed by atoms with Gasteiger partial charge in [-0.2, -0.15) is 5.26 Å². The van der Waals surface area contributed by atoms with Crippen LogP contribution in [0.4, 0.5) is 11.4 Å². The lowest BCUT2D eigenvalue weighted by atomic mass is 10.2. The first kappa shape index (κ1) is 20.9. The Morgan fingerprint density at radius 1 is 1.03 bits per heavy atom. The van der Waals surface area contributed by atoms with Crippen molar-refractivity contribution in [2.45, 2.75) is 11.8 Å². The molecule has 3 rings (SSSR count). The van der Waals surface area contributed by atoms with Crippen LogP contribution in [0.25, 0.3) is 0 Å². The minimum absolute atomic E-state index is 0.0502. The van der Waals surface area contributed by atoms with Crippen molar-refractivity contribution >= 4 is 27.3 Å². The first-order valence-electron chi connectivity index (χ1n) is 8.99. The van der Waals surface area contributed by atoms with Gasteiger partial charge in [-0.3, -0.25) is 9.52 Å². The fraction of sp³-hybridized carbons (Fsp3) is 0.0909. The highest BCUT2D eigenvalue weighted by Gasteiger charge is 2.16. The van der Waals surface area contributed by atoms with E-state index < -0.39 is 15.9 Å². The van der Waals surface area contributed by atoms with Crippen LogP contribution < -0.4 is 14.8 Å². The van der Waals surface area contributed by atoms with E-state index in [0.29, 0.717) is 22.7 Å². The van der Waals surface area contributed by atoms with Gasteiger partial charge in [0.2, 0.25) is 0 Å². The van der Waals surface area contributed by atoms with Crippen LogP contribution in [-0.4, -0.2) is 20.9 Å². The van der Waals surface area contributed by atoms with Gasteiger partial charge >= 0.3 is 0 Å². The summed E-state index contributed by atoms with van der Waals surface area (Å²) >= 11 is 0. The quantitative estimate of drug-likeness (QED) is 0.600. The Balaban J connectivity index is 1.71. The van der Waals surface area contributed by atoms with Gasteiger partial charge in [-0.25, -0.2) is 8.42 Å². The maximum atomic E-state index is 12.6. The lowest BCUT2D eigenvalue weighted by Crippen LogP contribution is -2.15. The van der Waals surface area contributed by atoms with E-state index in [9.17, 15) is 13.2 Å². The monoisotopic (exact) mass is 421 g/mol. The van der Waals surface area contributed by atoms with Crippen LogP contribution in [0, 0.1) is 18.3 Å². The van der Waals surface area contributed by atoms with Crippen LogP contribution in [0.1, 0.15) is 15.9 Å². The summed E-state index contributed by atoms with van der Waals surface area (Å²) in [6.07, 6.45) is 0. The van der Waals surface area contributed by atoms with Crippen LogP contribution in [0.5, 0.6) is 5.75 Å². The first-order chi connectivity index (χ1) is 14.4. The lowest BCUT2D eigenvalue weighted by molar-refractivity contribution is 0.102. The lowest BCUT2D eigenvalue weighted by Gasteiger charge is -2.11. The number of nitriles is 1. The van der Waals surface area contributed by atoms with E-state index in [1.54, 1.807) is 36.4 Å². The zero-order valence-corrected chi connectivity index (χ0v) is 16.9. The number of amides is 1.